The van der Waals surface area contributed by atoms with E-state index in [4.69, 9.17) is 16.3 Å². The van der Waals surface area contributed by atoms with Crippen LogP contribution in [-0.4, -0.2) is 16.0 Å². The Morgan fingerprint density at radius 2 is 1.97 bits per heavy atom. The Morgan fingerprint density at radius 3 is 2.76 bits per heavy atom. The average molecular weight is 469 g/mol. The van der Waals surface area contributed by atoms with Crippen LogP contribution in [0.4, 0.5) is 25.0 Å². The number of aromatic nitrogens is 2. The van der Waals surface area contributed by atoms with Crippen molar-refractivity contribution in [1.29, 1.82) is 0 Å². The number of halogens is 3. The average Bonchev–Trinajstić information content (AvgIpc) is 3.64. The van der Waals surface area contributed by atoms with E-state index < -0.39 is 23.8 Å². The number of benzene rings is 1. The van der Waals surface area contributed by atoms with Crippen LogP contribution in [0.3, 0.4) is 0 Å². The van der Waals surface area contributed by atoms with Gasteiger partial charge in [0.2, 0.25) is 0 Å². The van der Waals surface area contributed by atoms with E-state index in [1.165, 1.54) is 29.4 Å². The molecule has 1 aromatic carbocycles. The van der Waals surface area contributed by atoms with Crippen LogP contribution < -0.4 is 15.0 Å². The van der Waals surface area contributed by atoms with Crippen LogP contribution in [0.5, 0.6) is 5.75 Å². The monoisotopic (exact) mass is 468 g/mol. The molecule has 168 valence electrons. The summed E-state index contributed by atoms with van der Waals surface area (Å²) in [7, 11) is 0. The minimum Gasteiger partial charge on any atom is -0.484 e. The van der Waals surface area contributed by atoms with Crippen LogP contribution in [-0.2, 0) is 13.0 Å². The lowest BCUT2D eigenvalue weighted by atomic mass is 9.99. The molecule has 0 bridgehead atoms. The molecular formula is C24H19ClF2N4O2. The summed E-state index contributed by atoms with van der Waals surface area (Å²) in [6.07, 6.45) is 5.33. The molecule has 1 atom stereocenters. The number of nitrogens with zero attached hydrogens (tertiary/aromatic N) is 3. The molecule has 1 aliphatic carbocycles. The van der Waals surface area contributed by atoms with Crippen molar-refractivity contribution in [2.75, 3.05) is 10.2 Å². The molecule has 3 aliphatic rings. The summed E-state index contributed by atoms with van der Waals surface area (Å²) in [5.41, 5.74) is 3.08. The molecule has 9 heteroatoms. The van der Waals surface area contributed by atoms with Crippen LogP contribution in [0, 0.1) is 11.6 Å². The van der Waals surface area contributed by atoms with E-state index in [9.17, 15) is 13.6 Å². The third-order valence-electron chi connectivity index (χ3n) is 6.38. The topological polar surface area (TPSA) is 67.4 Å². The zero-order chi connectivity index (χ0) is 22.7. The van der Waals surface area contributed by atoms with E-state index in [1.54, 1.807) is 12.1 Å². The van der Waals surface area contributed by atoms with E-state index in [2.05, 4.69) is 15.3 Å². The lowest BCUT2D eigenvalue weighted by molar-refractivity contribution is 0.167. The molecule has 1 N–H and O–H groups in total. The number of ether oxygens (including phenoxy) is 1. The summed E-state index contributed by atoms with van der Waals surface area (Å²) in [6.45, 7) is 0.0199. The lowest BCUT2D eigenvalue weighted by Crippen LogP contribution is -2.40. The molecule has 4 heterocycles. The van der Waals surface area contributed by atoms with Crippen LogP contribution in [0.1, 0.15) is 53.8 Å². The van der Waals surface area contributed by atoms with E-state index in [0.717, 1.165) is 24.1 Å². The molecule has 3 aromatic rings. The number of aryl methyl sites for hydroxylation is 1. The third-order valence-corrected chi connectivity index (χ3v) is 6.68. The Labute approximate surface area is 193 Å². The van der Waals surface area contributed by atoms with Gasteiger partial charge in [-0.15, -0.1) is 0 Å². The number of fused-ring (bicyclic) bond motifs is 2. The Balaban J connectivity index is 1.35. The molecule has 2 amide bonds. The number of pyridine rings is 2. The Hall–Kier alpha value is -3.26. The van der Waals surface area contributed by atoms with Crippen molar-refractivity contribution in [3.8, 4) is 5.75 Å². The van der Waals surface area contributed by atoms with Gasteiger partial charge in [-0.25, -0.2) is 13.6 Å². The van der Waals surface area contributed by atoms with Gasteiger partial charge in [0.25, 0.3) is 0 Å². The number of hydrogen-bond donors (Lipinski definition) is 1. The third kappa shape index (κ3) is 3.49. The number of carbonyl (C=O) groups is 1. The number of rotatable bonds is 3. The standard InChI is InChI=1S/C24H19ClF2N4O2/c25-15-8-13-5-6-19(23-16(26)2-1-7-28-23)33-20(13)9-18(15)31-11-14-17(27)10-29-21(12-3-4-12)22(14)30-24(31)32/h1-2,7-10,12,19H,3-6,11H2,(H,30,32). The summed E-state index contributed by atoms with van der Waals surface area (Å²) >= 11 is 6.54. The second kappa shape index (κ2) is 7.66. The Morgan fingerprint density at radius 1 is 1.12 bits per heavy atom. The van der Waals surface area contributed by atoms with Crippen molar-refractivity contribution in [2.45, 2.75) is 44.2 Å². The van der Waals surface area contributed by atoms with Crippen LogP contribution in [0.2, 0.25) is 5.02 Å². The number of carbonyl (C=O) groups excluding carboxylic acids is 1. The first-order valence-corrected chi connectivity index (χ1v) is 11.2. The highest BCUT2D eigenvalue weighted by molar-refractivity contribution is 6.34. The van der Waals surface area contributed by atoms with E-state index in [0.29, 0.717) is 40.6 Å². The molecule has 1 fully saturated rings. The Bertz CT molecular complexity index is 1300. The molecule has 0 spiro atoms. The summed E-state index contributed by atoms with van der Waals surface area (Å²) in [5.74, 6) is -0.142. The SMILES string of the molecule is O=C1Nc2c(C3CC3)ncc(F)c2CN1c1cc2c(cc1Cl)CCC(c1ncccc1F)O2. The molecule has 0 radical (unpaired) electrons. The maximum absolute atomic E-state index is 14.7. The van der Waals surface area contributed by atoms with Crippen molar-refractivity contribution >= 4 is 29.0 Å². The highest BCUT2D eigenvalue weighted by Crippen LogP contribution is 2.46. The second-order valence-electron chi connectivity index (χ2n) is 8.56. The van der Waals surface area contributed by atoms with Gasteiger partial charge in [0.1, 0.15) is 29.2 Å². The van der Waals surface area contributed by atoms with Crippen molar-refractivity contribution in [3.05, 3.63) is 75.8 Å². The minimum atomic E-state index is -0.548. The fourth-order valence-corrected chi connectivity index (χ4v) is 4.81. The van der Waals surface area contributed by atoms with Crippen molar-refractivity contribution in [3.63, 3.8) is 0 Å². The smallest absolute Gasteiger partial charge is 0.326 e. The number of anilines is 2. The molecule has 0 saturated heterocycles. The largest absolute Gasteiger partial charge is 0.484 e. The van der Waals surface area contributed by atoms with Gasteiger partial charge in [-0.2, -0.15) is 0 Å². The van der Waals surface area contributed by atoms with E-state index in [-0.39, 0.29) is 18.2 Å². The molecule has 33 heavy (non-hydrogen) atoms. The maximum atomic E-state index is 14.7. The number of nitrogens with one attached hydrogen (secondary N) is 1. The van der Waals surface area contributed by atoms with E-state index in [1.807, 2.05) is 0 Å². The first-order valence-electron chi connectivity index (χ1n) is 10.8. The Kier molecular flexibility index (Phi) is 4.72. The van der Waals surface area contributed by atoms with Gasteiger partial charge in [0.15, 0.2) is 0 Å². The van der Waals surface area contributed by atoms with Gasteiger partial charge in [0, 0.05) is 23.7 Å². The van der Waals surface area contributed by atoms with Crippen LogP contribution in [0.25, 0.3) is 0 Å². The van der Waals surface area contributed by atoms with Gasteiger partial charge >= 0.3 is 6.03 Å². The predicted octanol–water partition coefficient (Wildman–Crippen LogP) is 5.90. The molecule has 2 aromatic heterocycles. The number of amides is 2. The highest BCUT2D eigenvalue weighted by Gasteiger charge is 2.36. The molecule has 6 nitrogen and oxygen atoms in total. The van der Waals surface area contributed by atoms with Gasteiger partial charge < -0.3 is 10.1 Å². The number of hydrogen-bond acceptors (Lipinski definition) is 4. The van der Waals surface area contributed by atoms with Gasteiger partial charge in [0.05, 0.1) is 34.8 Å². The van der Waals surface area contributed by atoms with E-state index >= 15 is 0 Å². The van der Waals surface area contributed by atoms with Gasteiger partial charge in [-0.3, -0.25) is 14.9 Å². The highest BCUT2D eigenvalue weighted by atomic mass is 35.5. The normalized spacial score (nSPS) is 19.4. The van der Waals surface area contributed by atoms with Crippen LogP contribution in [0.15, 0.2) is 36.7 Å². The summed E-state index contributed by atoms with van der Waals surface area (Å²) < 4.78 is 35.0. The second-order valence-corrected chi connectivity index (χ2v) is 8.97. The number of urea groups is 1. The molecular weight excluding hydrogens is 450 g/mol. The summed E-state index contributed by atoms with van der Waals surface area (Å²) in [4.78, 5) is 22.8. The summed E-state index contributed by atoms with van der Waals surface area (Å²) in [5, 5.41) is 3.17. The van der Waals surface area contributed by atoms with Gasteiger partial charge in [-0.05, 0) is 49.4 Å². The predicted molar refractivity (Wildman–Crippen MR) is 119 cm³/mol. The first-order chi connectivity index (χ1) is 16.0. The molecule has 6 rings (SSSR count). The minimum absolute atomic E-state index is 0.0199. The van der Waals surface area contributed by atoms with Crippen molar-refractivity contribution < 1.29 is 18.3 Å². The first kappa shape index (κ1) is 20.4. The van der Waals surface area contributed by atoms with Gasteiger partial charge in [-0.1, -0.05) is 11.6 Å². The fraction of sp³-hybridized carbons (Fsp3) is 0.292. The lowest BCUT2D eigenvalue weighted by Gasteiger charge is -2.33. The molecule has 1 unspecified atom stereocenters. The van der Waals surface area contributed by atoms with Crippen molar-refractivity contribution in [1.82, 2.24) is 9.97 Å². The molecule has 1 saturated carbocycles. The molecule has 2 aliphatic heterocycles. The quantitative estimate of drug-likeness (QED) is 0.519. The zero-order valence-electron chi connectivity index (χ0n) is 17.4. The van der Waals surface area contributed by atoms with Crippen molar-refractivity contribution in [2.24, 2.45) is 0 Å². The summed E-state index contributed by atoms with van der Waals surface area (Å²) in [6, 6.07) is 5.88. The van der Waals surface area contributed by atoms with Crippen LogP contribution >= 0.6 is 11.6 Å². The zero-order valence-corrected chi connectivity index (χ0v) is 18.2. The maximum Gasteiger partial charge on any atom is 0.326 e. The fourth-order valence-electron chi connectivity index (χ4n) is 4.52.